The Kier molecular flexibility index (Phi) is 1.06. The summed E-state index contributed by atoms with van der Waals surface area (Å²) in [5.74, 6) is 3.67. The van der Waals surface area contributed by atoms with E-state index in [1.165, 1.54) is 25.7 Å². The van der Waals surface area contributed by atoms with Gasteiger partial charge in [-0.15, -0.1) is 0 Å². The van der Waals surface area contributed by atoms with Crippen LogP contribution in [0.15, 0.2) is 0 Å². The van der Waals surface area contributed by atoms with Crippen LogP contribution in [-0.4, -0.2) is 5.78 Å². The van der Waals surface area contributed by atoms with Crippen LogP contribution in [0.4, 0.5) is 0 Å². The van der Waals surface area contributed by atoms with Crippen LogP contribution < -0.4 is 0 Å². The van der Waals surface area contributed by atoms with Gasteiger partial charge in [0.1, 0.15) is 5.78 Å². The minimum Gasteiger partial charge on any atom is -0.299 e. The molecule has 4 unspecified atom stereocenters. The van der Waals surface area contributed by atoms with Gasteiger partial charge in [0, 0.05) is 12.3 Å². The van der Waals surface area contributed by atoms with Crippen molar-refractivity contribution in [1.29, 1.82) is 0 Å². The fraction of sp³-hybridized carbons (Fsp3) is 0.900. The highest BCUT2D eigenvalue weighted by molar-refractivity contribution is 5.83. The Morgan fingerprint density at radius 1 is 1.00 bits per heavy atom. The Bertz CT molecular complexity index is 207. The van der Waals surface area contributed by atoms with E-state index in [1.54, 1.807) is 0 Å². The monoisotopic (exact) mass is 150 g/mol. The number of fused-ring (bicyclic) bond motifs is 2. The molecule has 3 bridgehead atoms. The summed E-state index contributed by atoms with van der Waals surface area (Å²) < 4.78 is 0. The first-order valence-electron chi connectivity index (χ1n) is 4.85. The summed E-state index contributed by atoms with van der Waals surface area (Å²) >= 11 is 0. The van der Waals surface area contributed by atoms with E-state index in [2.05, 4.69) is 0 Å². The van der Waals surface area contributed by atoms with Crippen molar-refractivity contribution in [2.75, 3.05) is 0 Å². The van der Waals surface area contributed by atoms with Gasteiger partial charge in [0.2, 0.25) is 0 Å². The standard InChI is InChI=1S/C10H14O/c11-10-5-7-1-6-2-8(3-7)9(10)4-6/h6-9H,1-5H2. The van der Waals surface area contributed by atoms with E-state index in [-0.39, 0.29) is 0 Å². The largest absolute Gasteiger partial charge is 0.299 e. The third-order valence-corrected chi connectivity index (χ3v) is 4.00. The predicted molar refractivity (Wildman–Crippen MR) is 42.1 cm³/mol. The lowest BCUT2D eigenvalue weighted by atomic mass is 9.72. The highest BCUT2D eigenvalue weighted by atomic mass is 16.1. The molecule has 3 rings (SSSR count). The van der Waals surface area contributed by atoms with Crippen molar-refractivity contribution >= 4 is 5.78 Å². The highest BCUT2D eigenvalue weighted by Gasteiger charge is 2.48. The third-order valence-electron chi connectivity index (χ3n) is 4.00. The van der Waals surface area contributed by atoms with E-state index in [0.29, 0.717) is 11.7 Å². The number of rotatable bonds is 0. The van der Waals surface area contributed by atoms with Gasteiger partial charge in [0.25, 0.3) is 0 Å². The second-order valence-corrected chi connectivity index (χ2v) is 4.71. The first kappa shape index (κ1) is 6.22. The molecule has 0 aromatic rings. The average Bonchev–Trinajstić information content (AvgIpc) is 2.19. The third kappa shape index (κ3) is 0.743. The predicted octanol–water partition coefficient (Wildman–Crippen LogP) is 2.01. The topological polar surface area (TPSA) is 17.1 Å². The average molecular weight is 150 g/mol. The van der Waals surface area contributed by atoms with Crippen LogP contribution in [0.25, 0.3) is 0 Å². The maximum atomic E-state index is 11.5. The second-order valence-electron chi connectivity index (χ2n) is 4.71. The Labute approximate surface area is 67.2 Å². The molecule has 60 valence electrons. The lowest BCUT2D eigenvalue weighted by Gasteiger charge is -2.32. The maximum absolute atomic E-state index is 11.5. The van der Waals surface area contributed by atoms with Crippen LogP contribution in [0.2, 0.25) is 0 Å². The molecular weight excluding hydrogens is 136 g/mol. The Morgan fingerprint density at radius 3 is 2.73 bits per heavy atom. The Balaban J connectivity index is 2.00. The van der Waals surface area contributed by atoms with E-state index >= 15 is 0 Å². The number of carbonyl (C=O) groups is 1. The number of Topliss-reactive ketones (excluding diaryl/α,β-unsaturated/α-hetero) is 1. The molecule has 0 radical (unpaired) electrons. The van der Waals surface area contributed by atoms with Gasteiger partial charge in [0.15, 0.2) is 0 Å². The van der Waals surface area contributed by atoms with Gasteiger partial charge in [-0.05, 0) is 43.4 Å². The van der Waals surface area contributed by atoms with Gasteiger partial charge >= 0.3 is 0 Å². The second kappa shape index (κ2) is 1.88. The molecule has 11 heavy (non-hydrogen) atoms. The first-order valence-corrected chi connectivity index (χ1v) is 4.85. The van der Waals surface area contributed by atoms with E-state index in [4.69, 9.17) is 0 Å². The van der Waals surface area contributed by atoms with Gasteiger partial charge in [-0.25, -0.2) is 0 Å². The van der Waals surface area contributed by atoms with Crippen molar-refractivity contribution in [3.05, 3.63) is 0 Å². The number of carbonyl (C=O) groups excluding carboxylic acids is 1. The quantitative estimate of drug-likeness (QED) is 0.516. The van der Waals surface area contributed by atoms with E-state index in [9.17, 15) is 4.79 Å². The van der Waals surface area contributed by atoms with Crippen molar-refractivity contribution < 1.29 is 4.79 Å². The van der Waals surface area contributed by atoms with Gasteiger partial charge in [-0.1, -0.05) is 0 Å². The molecule has 4 atom stereocenters. The van der Waals surface area contributed by atoms with Gasteiger partial charge in [0.05, 0.1) is 0 Å². The molecule has 3 aliphatic rings. The van der Waals surface area contributed by atoms with Crippen molar-refractivity contribution in [2.45, 2.75) is 32.1 Å². The molecule has 0 spiro atoms. The van der Waals surface area contributed by atoms with Crippen LogP contribution in [0.3, 0.4) is 0 Å². The van der Waals surface area contributed by atoms with Gasteiger partial charge in [-0.3, -0.25) is 4.79 Å². The molecular formula is C10H14O. The minimum absolute atomic E-state index is 0.513. The van der Waals surface area contributed by atoms with Crippen LogP contribution >= 0.6 is 0 Å². The zero-order valence-corrected chi connectivity index (χ0v) is 6.75. The molecule has 0 heterocycles. The lowest BCUT2D eigenvalue weighted by Crippen LogP contribution is -2.30. The maximum Gasteiger partial charge on any atom is 0.136 e. The SMILES string of the molecule is O=C1CC2CC3CC(C2)C1C3. The van der Waals surface area contributed by atoms with E-state index in [0.717, 1.165) is 24.2 Å². The summed E-state index contributed by atoms with van der Waals surface area (Å²) in [5.41, 5.74) is 0. The van der Waals surface area contributed by atoms with Gasteiger partial charge < -0.3 is 0 Å². The van der Waals surface area contributed by atoms with Crippen molar-refractivity contribution in [1.82, 2.24) is 0 Å². The summed E-state index contributed by atoms with van der Waals surface area (Å²) in [5, 5.41) is 0. The van der Waals surface area contributed by atoms with Crippen molar-refractivity contribution in [3.63, 3.8) is 0 Å². The molecule has 3 fully saturated rings. The molecule has 0 aliphatic heterocycles. The normalized spacial score (nSPS) is 53.6. The smallest absolute Gasteiger partial charge is 0.136 e. The Hall–Kier alpha value is -0.330. The lowest BCUT2D eigenvalue weighted by molar-refractivity contribution is -0.127. The molecule has 0 saturated heterocycles. The van der Waals surface area contributed by atoms with Crippen LogP contribution in [-0.2, 0) is 4.79 Å². The highest BCUT2D eigenvalue weighted by Crippen LogP contribution is 2.53. The summed E-state index contributed by atoms with van der Waals surface area (Å²) in [6.45, 7) is 0. The van der Waals surface area contributed by atoms with E-state index < -0.39 is 0 Å². The molecule has 3 saturated carbocycles. The van der Waals surface area contributed by atoms with Crippen LogP contribution in [0.1, 0.15) is 32.1 Å². The van der Waals surface area contributed by atoms with Crippen LogP contribution in [0, 0.1) is 23.7 Å². The molecule has 0 aromatic heterocycles. The van der Waals surface area contributed by atoms with Gasteiger partial charge in [-0.2, -0.15) is 0 Å². The zero-order chi connectivity index (χ0) is 7.42. The fourth-order valence-corrected chi connectivity index (χ4v) is 3.69. The number of ketones is 1. The summed E-state index contributed by atoms with van der Waals surface area (Å²) in [7, 11) is 0. The molecule has 1 heteroatoms. The molecule has 1 nitrogen and oxygen atoms in total. The first-order chi connectivity index (χ1) is 5.33. The summed E-state index contributed by atoms with van der Waals surface area (Å²) in [6.07, 6.45) is 6.32. The van der Waals surface area contributed by atoms with E-state index in [1.807, 2.05) is 0 Å². The Morgan fingerprint density at radius 2 is 1.82 bits per heavy atom. The zero-order valence-electron chi connectivity index (χ0n) is 6.75. The van der Waals surface area contributed by atoms with Crippen molar-refractivity contribution in [3.8, 4) is 0 Å². The fourth-order valence-electron chi connectivity index (χ4n) is 3.69. The minimum atomic E-state index is 0.513. The molecule has 0 amide bonds. The summed E-state index contributed by atoms with van der Waals surface area (Å²) in [4.78, 5) is 11.5. The number of hydrogen-bond donors (Lipinski definition) is 0. The molecule has 0 aromatic carbocycles. The molecule has 0 N–H and O–H groups in total. The summed E-state index contributed by atoms with van der Waals surface area (Å²) in [6, 6.07) is 0. The number of hydrogen-bond acceptors (Lipinski definition) is 1. The van der Waals surface area contributed by atoms with Crippen molar-refractivity contribution in [2.24, 2.45) is 23.7 Å². The van der Waals surface area contributed by atoms with Crippen LogP contribution in [0.5, 0.6) is 0 Å². The molecule has 3 aliphatic carbocycles.